The zero-order valence-electron chi connectivity index (χ0n) is 16.3. The lowest BCUT2D eigenvalue weighted by Crippen LogP contribution is -2.43. The Morgan fingerprint density at radius 3 is 2.46 bits per heavy atom. The molecule has 0 bridgehead atoms. The number of nitrogens with one attached hydrogen (secondary N) is 1. The molecule has 1 aromatic carbocycles. The van der Waals surface area contributed by atoms with Gasteiger partial charge in [0.25, 0.3) is 0 Å². The molecule has 3 rings (SSSR count). The number of amides is 2. The molecule has 154 valence electrons. The minimum atomic E-state index is -1.26. The van der Waals surface area contributed by atoms with Gasteiger partial charge in [-0.05, 0) is 12.1 Å². The lowest BCUT2D eigenvalue weighted by Gasteiger charge is -2.37. The summed E-state index contributed by atoms with van der Waals surface area (Å²) in [5.74, 6) is -1.39. The van der Waals surface area contributed by atoms with Gasteiger partial charge in [-0.2, -0.15) is 0 Å². The zero-order valence-corrected chi connectivity index (χ0v) is 17.3. The molecule has 0 radical (unpaired) electrons. The fraction of sp³-hybridized carbons (Fsp3) is 0.556. The number of methoxy groups -OCH3 is 1. The lowest BCUT2D eigenvalue weighted by molar-refractivity contribution is 0.132. The van der Waals surface area contributed by atoms with Crippen molar-refractivity contribution >= 4 is 31.6 Å². The van der Waals surface area contributed by atoms with Gasteiger partial charge in [0.2, 0.25) is 0 Å². The van der Waals surface area contributed by atoms with Crippen molar-refractivity contribution in [2.24, 2.45) is 0 Å². The Balaban J connectivity index is 1.72. The fourth-order valence-electron chi connectivity index (χ4n) is 3.45. The van der Waals surface area contributed by atoms with E-state index >= 15 is 0 Å². The highest BCUT2D eigenvalue weighted by Gasteiger charge is 2.35. The summed E-state index contributed by atoms with van der Waals surface area (Å²) in [5, 5.41) is 2.43. The van der Waals surface area contributed by atoms with Crippen LogP contribution >= 0.6 is 0 Å². The number of halogens is 2. The topological polar surface area (TPSA) is 71.1 Å². The van der Waals surface area contributed by atoms with Crippen LogP contribution in [-0.4, -0.2) is 59.7 Å². The standard InChI is InChI=1S/C18H25F2N3O4Si/c1-26-17(24)21-10-13-11-23(18(25)27-13)12-8-14(19)16(15(20)9-12)22-4-6-28(2,3)7-5-22/h8-9,13H,4-7,10-11H2,1-3H3,(H,21,24). The van der Waals surface area contributed by atoms with Gasteiger partial charge in [-0.3, -0.25) is 4.90 Å². The highest BCUT2D eigenvalue weighted by Crippen LogP contribution is 2.34. The molecule has 2 aliphatic rings. The lowest BCUT2D eigenvalue weighted by atomic mass is 10.2. The van der Waals surface area contributed by atoms with Gasteiger partial charge in [-0.25, -0.2) is 18.4 Å². The number of hydrogen-bond acceptors (Lipinski definition) is 5. The fourth-order valence-corrected chi connectivity index (χ4v) is 5.45. The summed E-state index contributed by atoms with van der Waals surface area (Å²) in [6, 6.07) is 4.29. The van der Waals surface area contributed by atoms with Gasteiger partial charge in [-0.1, -0.05) is 13.1 Å². The molecule has 2 fully saturated rings. The molecule has 1 atom stereocenters. The maximum atomic E-state index is 14.7. The van der Waals surface area contributed by atoms with E-state index in [0.717, 1.165) is 29.1 Å². The number of hydrogen-bond donors (Lipinski definition) is 1. The van der Waals surface area contributed by atoms with Crippen molar-refractivity contribution in [2.45, 2.75) is 31.3 Å². The molecular formula is C18H25F2N3O4Si. The van der Waals surface area contributed by atoms with Crippen molar-refractivity contribution in [3.63, 3.8) is 0 Å². The maximum Gasteiger partial charge on any atom is 0.414 e. The Morgan fingerprint density at radius 2 is 1.89 bits per heavy atom. The second-order valence-electron chi connectivity index (χ2n) is 7.90. The summed E-state index contributed by atoms with van der Waals surface area (Å²) in [6.45, 7) is 5.96. The Hall–Kier alpha value is -2.36. The predicted molar refractivity (Wildman–Crippen MR) is 104 cm³/mol. The first-order valence-corrected chi connectivity index (χ1v) is 12.7. The highest BCUT2D eigenvalue weighted by molar-refractivity contribution is 6.77. The zero-order chi connectivity index (χ0) is 20.5. The number of benzene rings is 1. The molecule has 0 aromatic heterocycles. The van der Waals surface area contributed by atoms with E-state index in [1.165, 1.54) is 7.11 Å². The van der Waals surface area contributed by atoms with E-state index in [4.69, 9.17) is 4.74 Å². The highest BCUT2D eigenvalue weighted by atomic mass is 28.3. The van der Waals surface area contributed by atoms with Gasteiger partial charge in [0.15, 0.2) is 11.6 Å². The SMILES string of the molecule is COC(=O)NCC1CN(c2cc(F)c(N3CC[Si](C)(C)CC3)c(F)c2)C(=O)O1. The van der Waals surface area contributed by atoms with Crippen LogP contribution in [0, 0.1) is 11.6 Å². The van der Waals surface area contributed by atoms with Gasteiger partial charge < -0.3 is 19.7 Å². The van der Waals surface area contributed by atoms with E-state index in [-0.39, 0.29) is 24.5 Å². The van der Waals surface area contributed by atoms with E-state index in [1.807, 2.05) is 0 Å². The molecule has 2 saturated heterocycles. The van der Waals surface area contributed by atoms with Crippen LogP contribution < -0.4 is 15.1 Å². The quantitative estimate of drug-likeness (QED) is 0.768. The van der Waals surface area contributed by atoms with E-state index in [2.05, 4.69) is 23.1 Å². The molecule has 0 aliphatic carbocycles. The molecule has 0 spiro atoms. The average molecular weight is 413 g/mol. The number of rotatable bonds is 4. The first-order valence-electron chi connectivity index (χ1n) is 9.24. The molecule has 28 heavy (non-hydrogen) atoms. The molecule has 1 aromatic rings. The monoisotopic (exact) mass is 413 g/mol. The number of carbonyl (C=O) groups excluding carboxylic acids is 2. The van der Waals surface area contributed by atoms with Crippen molar-refractivity contribution in [1.82, 2.24) is 5.32 Å². The van der Waals surface area contributed by atoms with Gasteiger partial charge in [-0.15, -0.1) is 0 Å². The second-order valence-corrected chi connectivity index (χ2v) is 13.2. The van der Waals surface area contributed by atoms with Crippen LogP contribution in [0.5, 0.6) is 0 Å². The number of ether oxygens (including phenoxy) is 2. The number of carbonyl (C=O) groups is 2. The van der Waals surface area contributed by atoms with E-state index in [1.54, 1.807) is 4.90 Å². The molecular weight excluding hydrogens is 388 g/mol. The second kappa shape index (κ2) is 7.94. The first kappa shape index (κ1) is 20.4. The number of alkyl carbamates (subject to hydrolysis) is 1. The molecule has 2 amide bonds. The first-order chi connectivity index (χ1) is 13.2. The van der Waals surface area contributed by atoms with E-state index < -0.39 is 38.0 Å². The predicted octanol–water partition coefficient (Wildman–Crippen LogP) is 3.17. The largest absolute Gasteiger partial charge is 0.453 e. The molecule has 1 N–H and O–H groups in total. The van der Waals surface area contributed by atoms with Crippen molar-refractivity contribution in [2.75, 3.05) is 43.1 Å². The summed E-state index contributed by atoms with van der Waals surface area (Å²) in [7, 11) is -0.0395. The smallest absolute Gasteiger partial charge is 0.414 e. The van der Waals surface area contributed by atoms with Crippen molar-refractivity contribution < 1.29 is 27.8 Å². The number of anilines is 2. The normalized spacial score (nSPS) is 21.5. The minimum Gasteiger partial charge on any atom is -0.453 e. The molecule has 7 nitrogen and oxygen atoms in total. The van der Waals surface area contributed by atoms with Gasteiger partial charge in [0, 0.05) is 25.2 Å². The third-order valence-corrected chi connectivity index (χ3v) is 8.43. The third kappa shape index (κ3) is 4.37. The van der Waals surface area contributed by atoms with Gasteiger partial charge in [0.1, 0.15) is 11.8 Å². The van der Waals surface area contributed by atoms with Crippen molar-refractivity contribution in [1.29, 1.82) is 0 Å². The van der Waals surface area contributed by atoms with Crippen LogP contribution in [0.15, 0.2) is 12.1 Å². The van der Waals surface area contributed by atoms with E-state index in [9.17, 15) is 18.4 Å². The van der Waals surface area contributed by atoms with Crippen LogP contribution in [0.4, 0.5) is 29.7 Å². The number of nitrogens with zero attached hydrogens (tertiary/aromatic N) is 2. The minimum absolute atomic E-state index is 0.0373. The van der Waals surface area contributed by atoms with Crippen LogP contribution in [0.2, 0.25) is 25.2 Å². The summed E-state index contributed by atoms with van der Waals surface area (Å²) in [6.07, 6.45) is -2.00. The number of cyclic esters (lactones) is 1. The molecule has 2 heterocycles. The van der Waals surface area contributed by atoms with Crippen LogP contribution in [-0.2, 0) is 9.47 Å². The van der Waals surface area contributed by atoms with Crippen molar-refractivity contribution in [3.8, 4) is 0 Å². The molecule has 0 saturated carbocycles. The van der Waals surface area contributed by atoms with Crippen LogP contribution in [0.1, 0.15) is 0 Å². The van der Waals surface area contributed by atoms with Crippen LogP contribution in [0.3, 0.4) is 0 Å². The summed E-state index contributed by atoms with van der Waals surface area (Å²) < 4.78 is 39.1. The Morgan fingerprint density at radius 1 is 1.29 bits per heavy atom. The Labute approximate surface area is 163 Å². The Kier molecular flexibility index (Phi) is 5.78. The van der Waals surface area contributed by atoms with Crippen molar-refractivity contribution in [3.05, 3.63) is 23.8 Å². The summed E-state index contributed by atoms with van der Waals surface area (Å²) >= 11 is 0. The third-order valence-electron chi connectivity index (χ3n) is 5.28. The van der Waals surface area contributed by atoms with Gasteiger partial charge in [0.05, 0.1) is 34.0 Å². The summed E-state index contributed by atoms with van der Waals surface area (Å²) in [5.41, 5.74) is 0.0563. The maximum absolute atomic E-state index is 14.7. The summed E-state index contributed by atoms with van der Waals surface area (Å²) in [4.78, 5) is 26.1. The van der Waals surface area contributed by atoms with Crippen LogP contribution in [0.25, 0.3) is 0 Å². The molecule has 10 heteroatoms. The van der Waals surface area contributed by atoms with E-state index in [0.29, 0.717) is 13.1 Å². The average Bonchev–Trinajstić information content (AvgIpc) is 3.01. The molecule has 2 aliphatic heterocycles. The Bertz CT molecular complexity index is 744. The molecule has 1 unspecified atom stereocenters. The van der Waals surface area contributed by atoms with Gasteiger partial charge >= 0.3 is 12.2 Å².